The first-order valence-corrected chi connectivity index (χ1v) is 7.96. The Balaban J connectivity index is 2.20. The van der Waals surface area contributed by atoms with Crippen LogP contribution in [-0.2, 0) is 10.8 Å². The van der Waals surface area contributed by atoms with Gasteiger partial charge in [-0.3, -0.25) is 4.98 Å². The largest absolute Gasteiger partial charge is 0.266 e. The van der Waals surface area contributed by atoms with Crippen molar-refractivity contribution in [3.63, 3.8) is 0 Å². The second-order valence-corrected chi connectivity index (χ2v) is 7.74. The maximum atomic E-state index is 14.9. The smallest absolute Gasteiger partial charge is 0.256 e. The SMILES string of the molecule is Cc1cnc(-c2ccc3c(c2)C(C)(C)C(F)(F)C3(C)C)cc1C. The van der Waals surface area contributed by atoms with Gasteiger partial charge in [0.1, 0.15) is 0 Å². The number of pyridine rings is 1. The molecule has 1 aliphatic rings. The van der Waals surface area contributed by atoms with Crippen LogP contribution >= 0.6 is 0 Å². The van der Waals surface area contributed by atoms with Crippen molar-refractivity contribution in [3.8, 4) is 11.3 Å². The van der Waals surface area contributed by atoms with Crippen molar-refractivity contribution in [1.82, 2.24) is 4.98 Å². The van der Waals surface area contributed by atoms with Crippen LogP contribution in [0.4, 0.5) is 8.78 Å². The second kappa shape index (κ2) is 4.62. The Morgan fingerprint density at radius 2 is 1.43 bits per heavy atom. The molecule has 122 valence electrons. The number of aromatic nitrogens is 1. The van der Waals surface area contributed by atoms with Crippen molar-refractivity contribution < 1.29 is 8.78 Å². The average Bonchev–Trinajstić information content (AvgIpc) is 2.58. The van der Waals surface area contributed by atoms with E-state index in [2.05, 4.69) is 4.98 Å². The molecule has 1 aromatic carbocycles. The summed E-state index contributed by atoms with van der Waals surface area (Å²) in [5.74, 6) is -2.79. The van der Waals surface area contributed by atoms with Crippen LogP contribution in [0.5, 0.6) is 0 Å². The van der Waals surface area contributed by atoms with Crippen LogP contribution in [0.1, 0.15) is 49.9 Å². The molecule has 2 aromatic rings. The fourth-order valence-electron chi connectivity index (χ4n) is 3.67. The number of halogens is 2. The summed E-state index contributed by atoms with van der Waals surface area (Å²) in [6.45, 7) is 10.6. The highest BCUT2D eigenvalue weighted by molar-refractivity contribution is 5.65. The van der Waals surface area contributed by atoms with E-state index in [-0.39, 0.29) is 0 Å². The van der Waals surface area contributed by atoms with E-state index in [0.717, 1.165) is 33.5 Å². The third kappa shape index (κ3) is 1.98. The molecule has 0 radical (unpaired) electrons. The molecule has 0 aliphatic heterocycles. The molecule has 0 spiro atoms. The predicted octanol–water partition coefficient (Wildman–Crippen LogP) is 5.57. The van der Waals surface area contributed by atoms with Gasteiger partial charge in [0.25, 0.3) is 5.92 Å². The van der Waals surface area contributed by atoms with Gasteiger partial charge in [0.15, 0.2) is 0 Å². The summed E-state index contributed by atoms with van der Waals surface area (Å²) in [7, 11) is 0. The minimum Gasteiger partial charge on any atom is -0.256 e. The molecule has 0 fully saturated rings. The Labute approximate surface area is 136 Å². The van der Waals surface area contributed by atoms with Gasteiger partial charge in [-0.05, 0) is 75.9 Å². The van der Waals surface area contributed by atoms with Crippen molar-refractivity contribution in [2.75, 3.05) is 0 Å². The van der Waals surface area contributed by atoms with Crippen LogP contribution < -0.4 is 0 Å². The van der Waals surface area contributed by atoms with Gasteiger partial charge in [-0.1, -0.05) is 12.1 Å². The fraction of sp³-hybridized carbons (Fsp3) is 0.450. The first-order chi connectivity index (χ1) is 10.5. The van der Waals surface area contributed by atoms with E-state index in [1.54, 1.807) is 27.7 Å². The molecular formula is C20H23F2N. The highest BCUT2D eigenvalue weighted by atomic mass is 19.3. The zero-order chi connectivity index (χ0) is 17.2. The third-order valence-electron chi connectivity index (χ3n) is 5.60. The first-order valence-electron chi connectivity index (χ1n) is 7.96. The second-order valence-electron chi connectivity index (χ2n) is 7.74. The molecule has 23 heavy (non-hydrogen) atoms. The summed E-state index contributed by atoms with van der Waals surface area (Å²) in [5, 5.41) is 0. The summed E-state index contributed by atoms with van der Waals surface area (Å²) in [6.07, 6.45) is 1.83. The third-order valence-corrected chi connectivity index (χ3v) is 5.60. The van der Waals surface area contributed by atoms with Crippen LogP contribution in [0.15, 0.2) is 30.5 Å². The summed E-state index contributed by atoms with van der Waals surface area (Å²) < 4.78 is 29.9. The molecule has 0 atom stereocenters. The van der Waals surface area contributed by atoms with Crippen LogP contribution in [0.2, 0.25) is 0 Å². The molecule has 0 bridgehead atoms. The molecule has 3 rings (SSSR count). The van der Waals surface area contributed by atoms with Gasteiger partial charge in [-0.2, -0.15) is 0 Å². The van der Waals surface area contributed by atoms with Crippen molar-refractivity contribution in [2.45, 2.75) is 58.3 Å². The van der Waals surface area contributed by atoms with Gasteiger partial charge in [-0.15, -0.1) is 0 Å². The van der Waals surface area contributed by atoms with Crippen LogP contribution in [0, 0.1) is 13.8 Å². The molecule has 0 saturated heterocycles. The topological polar surface area (TPSA) is 12.9 Å². The lowest BCUT2D eigenvalue weighted by Gasteiger charge is -2.35. The molecular weight excluding hydrogens is 292 g/mol. The molecule has 1 nitrogen and oxygen atoms in total. The van der Waals surface area contributed by atoms with Crippen LogP contribution in [0.3, 0.4) is 0 Å². The van der Waals surface area contributed by atoms with Crippen LogP contribution in [-0.4, -0.2) is 10.9 Å². The Morgan fingerprint density at radius 1 is 0.826 bits per heavy atom. The van der Waals surface area contributed by atoms with E-state index in [1.807, 2.05) is 44.3 Å². The lowest BCUT2D eigenvalue weighted by Crippen LogP contribution is -2.46. The number of aryl methyl sites for hydroxylation is 2. The van der Waals surface area contributed by atoms with Gasteiger partial charge in [0.05, 0.1) is 16.5 Å². The molecule has 0 saturated carbocycles. The number of fused-ring (bicyclic) bond motifs is 1. The summed E-state index contributed by atoms with van der Waals surface area (Å²) in [5.41, 5.74) is 3.12. The summed E-state index contributed by atoms with van der Waals surface area (Å²) in [4.78, 5) is 4.47. The average molecular weight is 315 g/mol. The zero-order valence-corrected chi connectivity index (χ0v) is 14.6. The van der Waals surface area contributed by atoms with E-state index in [4.69, 9.17) is 0 Å². The number of hydrogen-bond donors (Lipinski definition) is 0. The van der Waals surface area contributed by atoms with E-state index < -0.39 is 16.8 Å². The molecule has 0 N–H and O–H groups in total. The van der Waals surface area contributed by atoms with Crippen molar-refractivity contribution in [1.29, 1.82) is 0 Å². The number of benzene rings is 1. The minimum absolute atomic E-state index is 0.727. The fourth-order valence-corrected chi connectivity index (χ4v) is 3.67. The maximum absolute atomic E-state index is 14.9. The molecule has 3 heteroatoms. The van der Waals surface area contributed by atoms with Gasteiger partial charge in [-0.25, -0.2) is 8.78 Å². The minimum atomic E-state index is -2.79. The highest BCUT2D eigenvalue weighted by Crippen LogP contribution is 2.59. The summed E-state index contributed by atoms with van der Waals surface area (Å²) in [6, 6.07) is 7.68. The quantitative estimate of drug-likeness (QED) is 0.670. The molecule has 0 amide bonds. The van der Waals surface area contributed by atoms with E-state index in [1.165, 1.54) is 0 Å². The van der Waals surface area contributed by atoms with Gasteiger partial charge in [0, 0.05) is 11.8 Å². The number of nitrogens with zero attached hydrogens (tertiary/aromatic N) is 1. The monoisotopic (exact) mass is 315 g/mol. The molecule has 1 heterocycles. The molecule has 0 unspecified atom stereocenters. The Morgan fingerprint density at radius 3 is 2.04 bits per heavy atom. The number of rotatable bonds is 1. The van der Waals surface area contributed by atoms with E-state index in [9.17, 15) is 8.78 Å². The zero-order valence-electron chi connectivity index (χ0n) is 14.6. The Hall–Kier alpha value is -1.77. The number of hydrogen-bond acceptors (Lipinski definition) is 1. The van der Waals surface area contributed by atoms with Crippen molar-refractivity contribution in [3.05, 3.63) is 52.7 Å². The van der Waals surface area contributed by atoms with Crippen LogP contribution in [0.25, 0.3) is 11.3 Å². The van der Waals surface area contributed by atoms with E-state index in [0.29, 0.717) is 0 Å². The molecule has 1 aromatic heterocycles. The predicted molar refractivity (Wildman–Crippen MR) is 90.1 cm³/mol. The van der Waals surface area contributed by atoms with Gasteiger partial charge < -0.3 is 0 Å². The highest BCUT2D eigenvalue weighted by Gasteiger charge is 2.65. The Bertz CT molecular complexity index is 788. The van der Waals surface area contributed by atoms with E-state index >= 15 is 0 Å². The normalized spacial score (nSPS) is 20.3. The van der Waals surface area contributed by atoms with Gasteiger partial charge in [0.2, 0.25) is 0 Å². The molecule has 1 aliphatic carbocycles. The lowest BCUT2D eigenvalue weighted by atomic mass is 9.77. The van der Waals surface area contributed by atoms with Crippen molar-refractivity contribution >= 4 is 0 Å². The standard InChI is InChI=1S/C20H23F2N/c1-12-9-17(23-11-13(12)2)14-7-8-15-16(10-14)19(5,6)20(21,22)18(15,3)4/h7-11H,1-6H3. The maximum Gasteiger partial charge on any atom is 0.266 e. The van der Waals surface area contributed by atoms with Crippen molar-refractivity contribution in [2.24, 2.45) is 0 Å². The first kappa shape index (κ1) is 16.1. The number of alkyl halides is 2. The van der Waals surface area contributed by atoms with Gasteiger partial charge >= 0.3 is 0 Å². The lowest BCUT2D eigenvalue weighted by molar-refractivity contribution is -0.105. The Kier molecular flexibility index (Phi) is 3.24. The summed E-state index contributed by atoms with van der Waals surface area (Å²) >= 11 is 0.